The number of phosphoric ester groups is 2. The zero-order valence-corrected chi connectivity index (χ0v) is 71.5. The van der Waals surface area contributed by atoms with Crippen LogP contribution in [-0.4, -0.2) is 96.7 Å². The smallest absolute Gasteiger partial charge is 0.462 e. The van der Waals surface area contributed by atoms with Crippen molar-refractivity contribution in [2.45, 2.75) is 484 Å². The Morgan fingerprint density at radius 3 is 0.642 bits per heavy atom. The van der Waals surface area contributed by atoms with Crippen molar-refractivity contribution < 1.29 is 80.2 Å². The largest absolute Gasteiger partial charge is 0.472 e. The molecule has 17 nitrogen and oxygen atoms in total. The summed E-state index contributed by atoms with van der Waals surface area (Å²) < 4.78 is 68.9. The van der Waals surface area contributed by atoms with Crippen LogP contribution in [-0.2, 0) is 65.4 Å². The van der Waals surface area contributed by atoms with Gasteiger partial charge in [0.15, 0.2) is 12.2 Å². The van der Waals surface area contributed by atoms with Crippen LogP contribution in [0.1, 0.15) is 465 Å². The molecule has 0 fully saturated rings. The monoisotopic (exact) mass is 1550 g/mol. The van der Waals surface area contributed by atoms with Crippen LogP contribution in [0.5, 0.6) is 0 Å². The number of carbonyl (C=O) groups excluding carboxylic acids is 4. The van der Waals surface area contributed by atoms with Crippen molar-refractivity contribution in [1.82, 2.24) is 0 Å². The number of hydrogen-bond acceptors (Lipinski definition) is 15. The molecule has 0 radical (unpaired) electrons. The predicted octanol–water partition coefficient (Wildman–Crippen LogP) is 26.6. The Hall–Kier alpha value is -1.94. The van der Waals surface area contributed by atoms with Crippen molar-refractivity contribution >= 4 is 39.5 Å². The van der Waals surface area contributed by atoms with E-state index in [0.29, 0.717) is 31.6 Å². The number of aliphatic hydroxyl groups excluding tert-OH is 1. The first-order valence-corrected chi connectivity index (χ1v) is 48.0. The Kier molecular flexibility index (Phi) is 76.9. The number of esters is 4. The maximum atomic E-state index is 13.2. The quantitative estimate of drug-likeness (QED) is 0.0222. The van der Waals surface area contributed by atoms with Gasteiger partial charge >= 0.3 is 39.5 Å². The maximum Gasteiger partial charge on any atom is 0.472 e. The van der Waals surface area contributed by atoms with Crippen molar-refractivity contribution in [3.05, 3.63) is 0 Å². The molecule has 0 saturated heterocycles. The second kappa shape index (κ2) is 78.3. The van der Waals surface area contributed by atoms with E-state index in [2.05, 4.69) is 41.5 Å². The van der Waals surface area contributed by atoms with Gasteiger partial charge in [-0.05, 0) is 37.5 Å². The summed E-state index contributed by atoms with van der Waals surface area (Å²) in [4.78, 5) is 73.2. The molecule has 0 heterocycles. The van der Waals surface area contributed by atoms with E-state index in [1.165, 1.54) is 276 Å². The maximum absolute atomic E-state index is 13.2. The van der Waals surface area contributed by atoms with E-state index in [1.54, 1.807) is 0 Å². The molecule has 5 atom stereocenters. The molecule has 0 aromatic heterocycles. The van der Waals surface area contributed by atoms with E-state index in [-0.39, 0.29) is 25.7 Å². The molecule has 106 heavy (non-hydrogen) atoms. The molecule has 0 aliphatic carbocycles. The molecule has 630 valence electrons. The summed E-state index contributed by atoms with van der Waals surface area (Å²) in [5.41, 5.74) is 0. The van der Waals surface area contributed by atoms with Crippen LogP contribution in [0.3, 0.4) is 0 Å². The number of phosphoric acid groups is 2. The lowest BCUT2D eigenvalue weighted by molar-refractivity contribution is -0.161. The highest BCUT2D eigenvalue weighted by molar-refractivity contribution is 7.47. The van der Waals surface area contributed by atoms with Gasteiger partial charge in [0.05, 0.1) is 26.4 Å². The van der Waals surface area contributed by atoms with Gasteiger partial charge in [0.1, 0.15) is 19.3 Å². The third-order valence-corrected chi connectivity index (χ3v) is 22.4. The van der Waals surface area contributed by atoms with Crippen LogP contribution >= 0.6 is 15.6 Å². The summed E-state index contributed by atoms with van der Waals surface area (Å²) in [5.74, 6) is -0.577. The Balaban J connectivity index is 5.21. The Morgan fingerprint density at radius 1 is 0.255 bits per heavy atom. The van der Waals surface area contributed by atoms with Gasteiger partial charge in [0.25, 0.3) is 0 Å². The Labute approximate surface area is 651 Å². The summed E-state index contributed by atoms with van der Waals surface area (Å²) in [6, 6.07) is 0. The molecular weight excluding hydrogens is 1380 g/mol. The summed E-state index contributed by atoms with van der Waals surface area (Å²) >= 11 is 0. The number of hydrogen-bond donors (Lipinski definition) is 3. The van der Waals surface area contributed by atoms with Crippen molar-refractivity contribution in [2.75, 3.05) is 39.6 Å². The highest BCUT2D eigenvalue weighted by Crippen LogP contribution is 2.45. The standard InChI is InChI=1S/C87H170O17P2/c1-7-9-11-13-15-17-19-21-23-24-25-26-27-31-34-38-41-45-51-57-63-69-84(89)97-75-82(103-86(91)72-66-60-53-47-43-39-35-32-29-28-30-33-36-40-44-49-55-61-67-79(3)4)77-101-105(93,94)99-73-81(88)74-100-106(95,96)102-78-83(76-98-85(90)70-64-58-54-48-50-56-62-68-80(5)6)104-87(92)71-65-59-52-46-42-37-22-20-18-16-14-12-10-8-2/h79-83,88H,7-78H2,1-6H3,(H,93,94)(H,95,96)/t81-,82-,83-/m1/s1. The zero-order chi connectivity index (χ0) is 77.8. The predicted molar refractivity (Wildman–Crippen MR) is 437 cm³/mol. The first-order valence-electron chi connectivity index (χ1n) is 45.0. The minimum atomic E-state index is -4.97. The fraction of sp³-hybridized carbons (Fsp3) is 0.954. The third-order valence-electron chi connectivity index (χ3n) is 20.5. The van der Waals surface area contributed by atoms with E-state index in [0.717, 1.165) is 102 Å². The lowest BCUT2D eigenvalue weighted by Crippen LogP contribution is -2.30. The molecule has 0 spiro atoms. The molecule has 0 saturated carbocycles. The SMILES string of the molecule is CCCCCCCCCCCCCCCCCCCCCCCC(=O)OC[C@H](COP(=O)(O)OC[C@@H](O)COP(=O)(O)OC[C@@H](COC(=O)CCCCCCCCCC(C)C)OC(=O)CCCCCCCCCCCCCCCC)OC(=O)CCCCCCCCCCCCCCCCCCCCC(C)C. The van der Waals surface area contributed by atoms with E-state index in [9.17, 15) is 43.2 Å². The number of carbonyl (C=O) groups is 4. The van der Waals surface area contributed by atoms with Gasteiger partial charge in [-0.2, -0.15) is 0 Å². The average molecular weight is 1550 g/mol. The van der Waals surface area contributed by atoms with Gasteiger partial charge in [-0.15, -0.1) is 0 Å². The average Bonchev–Trinajstić information content (AvgIpc) is 0.901. The first-order chi connectivity index (χ1) is 51.4. The zero-order valence-electron chi connectivity index (χ0n) is 69.7. The summed E-state index contributed by atoms with van der Waals surface area (Å²) in [6.45, 7) is 9.65. The molecule has 3 N–H and O–H groups in total. The van der Waals surface area contributed by atoms with Gasteiger partial charge in [0.2, 0.25) is 0 Å². The van der Waals surface area contributed by atoms with Crippen LogP contribution < -0.4 is 0 Å². The molecule has 0 aliphatic rings. The van der Waals surface area contributed by atoms with Gasteiger partial charge in [0, 0.05) is 25.7 Å². The van der Waals surface area contributed by atoms with Gasteiger partial charge < -0.3 is 33.8 Å². The van der Waals surface area contributed by atoms with Gasteiger partial charge in [-0.1, -0.05) is 414 Å². The van der Waals surface area contributed by atoms with Crippen molar-refractivity contribution in [1.29, 1.82) is 0 Å². The molecule has 2 unspecified atom stereocenters. The molecule has 0 amide bonds. The van der Waals surface area contributed by atoms with Crippen LogP contribution in [0, 0.1) is 11.8 Å². The van der Waals surface area contributed by atoms with E-state index in [1.807, 2.05) is 0 Å². The first kappa shape index (κ1) is 104. The van der Waals surface area contributed by atoms with Crippen molar-refractivity contribution in [3.8, 4) is 0 Å². The number of ether oxygens (including phenoxy) is 4. The van der Waals surface area contributed by atoms with E-state index >= 15 is 0 Å². The van der Waals surface area contributed by atoms with Crippen LogP contribution in [0.25, 0.3) is 0 Å². The van der Waals surface area contributed by atoms with Crippen molar-refractivity contribution in [3.63, 3.8) is 0 Å². The third kappa shape index (κ3) is 80.1. The minimum absolute atomic E-state index is 0.107. The van der Waals surface area contributed by atoms with Crippen molar-refractivity contribution in [2.24, 2.45) is 11.8 Å². The van der Waals surface area contributed by atoms with Crippen LogP contribution in [0.15, 0.2) is 0 Å². The summed E-state index contributed by atoms with van der Waals surface area (Å²) in [7, 11) is -9.93. The highest BCUT2D eigenvalue weighted by atomic mass is 31.2. The highest BCUT2D eigenvalue weighted by Gasteiger charge is 2.30. The second-order valence-corrected chi connectivity index (χ2v) is 35.1. The molecule has 0 aromatic carbocycles. The Bertz CT molecular complexity index is 2030. The molecule has 19 heteroatoms. The fourth-order valence-corrected chi connectivity index (χ4v) is 15.2. The normalized spacial score (nSPS) is 13.8. The van der Waals surface area contributed by atoms with Gasteiger partial charge in [-0.3, -0.25) is 37.3 Å². The molecule has 0 aliphatic heterocycles. The fourth-order valence-electron chi connectivity index (χ4n) is 13.6. The number of aliphatic hydroxyl groups is 1. The van der Waals surface area contributed by atoms with Crippen LogP contribution in [0.4, 0.5) is 0 Å². The van der Waals surface area contributed by atoms with Crippen LogP contribution in [0.2, 0.25) is 0 Å². The molecule has 0 aromatic rings. The lowest BCUT2D eigenvalue weighted by Gasteiger charge is -2.21. The molecule has 0 rings (SSSR count). The Morgan fingerprint density at radius 2 is 0.434 bits per heavy atom. The summed E-state index contributed by atoms with van der Waals surface area (Å²) in [5, 5.41) is 10.7. The number of rotatable bonds is 86. The topological polar surface area (TPSA) is 237 Å². The minimum Gasteiger partial charge on any atom is -0.462 e. The molecule has 0 bridgehead atoms. The van der Waals surface area contributed by atoms with Gasteiger partial charge in [-0.25, -0.2) is 9.13 Å². The molecular formula is C87H170O17P2. The van der Waals surface area contributed by atoms with E-state index in [4.69, 9.17) is 37.0 Å². The van der Waals surface area contributed by atoms with E-state index < -0.39 is 97.5 Å². The number of unbranched alkanes of at least 4 members (excludes halogenated alkanes) is 56. The second-order valence-electron chi connectivity index (χ2n) is 32.2. The lowest BCUT2D eigenvalue weighted by atomic mass is 10.0. The summed E-state index contributed by atoms with van der Waals surface area (Å²) in [6.07, 6.45) is 71.0.